The van der Waals surface area contributed by atoms with Gasteiger partial charge in [0.25, 0.3) is 0 Å². The number of aromatic nitrogens is 4. The van der Waals surface area contributed by atoms with Gasteiger partial charge in [-0.15, -0.1) is 0 Å². The van der Waals surface area contributed by atoms with Crippen LogP contribution in [-0.2, 0) is 7.05 Å². The Morgan fingerprint density at radius 2 is 1.97 bits per heavy atom. The summed E-state index contributed by atoms with van der Waals surface area (Å²) in [5.74, 6) is 0.163. The van der Waals surface area contributed by atoms with Gasteiger partial charge >= 0.3 is 0 Å². The minimum absolute atomic E-state index is 0.163. The summed E-state index contributed by atoms with van der Waals surface area (Å²) in [6, 6.07) is 5.73. The summed E-state index contributed by atoms with van der Waals surface area (Å²) >= 11 is 6.63. The highest BCUT2D eigenvalue weighted by atomic mass is 35.5. The normalized spacial score (nSPS) is 14.8. The number of phenols is 1. The molecule has 0 unspecified atom stereocenters. The molecule has 3 aromatic heterocycles. The number of benzene rings is 1. The van der Waals surface area contributed by atoms with E-state index in [4.69, 9.17) is 16.6 Å². The number of pyridine rings is 2. The molecule has 0 saturated carbocycles. The van der Waals surface area contributed by atoms with Crippen molar-refractivity contribution < 1.29 is 5.11 Å². The SMILES string of the molecule is Cc1c(O)c(-c2cc(Cl)c3cc(N4CCNCC4)cnc3n2)cc2cn(C)nc12. The standard InChI is InChI=1S/C21H21ClN6O/c1-12-19-13(11-27(2)26-19)7-16(20(12)29)18-9-17(22)15-8-14(10-24-21(15)25-18)28-5-3-23-4-6-28/h7-11,23,29H,3-6H2,1-2H3. The van der Waals surface area contributed by atoms with Crippen LogP contribution in [0.15, 0.2) is 30.6 Å². The highest BCUT2D eigenvalue weighted by Gasteiger charge is 2.18. The Labute approximate surface area is 172 Å². The number of fused-ring (bicyclic) bond motifs is 2. The zero-order chi connectivity index (χ0) is 20.1. The second-order valence-electron chi connectivity index (χ2n) is 7.43. The molecule has 1 fully saturated rings. The van der Waals surface area contributed by atoms with Crippen LogP contribution in [0.2, 0.25) is 5.02 Å². The van der Waals surface area contributed by atoms with Crippen LogP contribution in [0.1, 0.15) is 5.56 Å². The molecule has 148 valence electrons. The van der Waals surface area contributed by atoms with Gasteiger partial charge in [-0.1, -0.05) is 11.6 Å². The monoisotopic (exact) mass is 408 g/mol. The molecule has 4 heterocycles. The molecule has 0 amide bonds. The summed E-state index contributed by atoms with van der Waals surface area (Å²) in [6.07, 6.45) is 3.77. The van der Waals surface area contributed by atoms with Crippen LogP contribution in [0.25, 0.3) is 33.2 Å². The van der Waals surface area contributed by atoms with Crippen molar-refractivity contribution in [1.29, 1.82) is 0 Å². The van der Waals surface area contributed by atoms with E-state index < -0.39 is 0 Å². The smallest absolute Gasteiger partial charge is 0.161 e. The molecule has 8 heteroatoms. The largest absolute Gasteiger partial charge is 0.507 e. The lowest BCUT2D eigenvalue weighted by molar-refractivity contribution is 0.474. The van der Waals surface area contributed by atoms with E-state index in [9.17, 15) is 5.11 Å². The second kappa shape index (κ2) is 6.86. The van der Waals surface area contributed by atoms with Gasteiger partial charge < -0.3 is 15.3 Å². The summed E-state index contributed by atoms with van der Waals surface area (Å²) in [6.45, 7) is 5.65. The molecule has 0 atom stereocenters. The third kappa shape index (κ3) is 3.07. The quantitative estimate of drug-likeness (QED) is 0.530. The van der Waals surface area contributed by atoms with E-state index in [1.54, 1.807) is 10.7 Å². The minimum Gasteiger partial charge on any atom is -0.507 e. The maximum atomic E-state index is 10.8. The molecule has 1 aliphatic rings. The topological polar surface area (TPSA) is 79.1 Å². The van der Waals surface area contributed by atoms with Gasteiger partial charge in [0.05, 0.1) is 28.1 Å². The fourth-order valence-electron chi connectivity index (χ4n) is 3.93. The molecule has 1 aromatic carbocycles. The van der Waals surface area contributed by atoms with Gasteiger partial charge in [0, 0.05) is 61.3 Å². The van der Waals surface area contributed by atoms with E-state index in [2.05, 4.69) is 20.3 Å². The molecule has 7 nitrogen and oxygen atoms in total. The van der Waals surface area contributed by atoms with Crippen LogP contribution >= 0.6 is 11.6 Å². The Kier molecular flexibility index (Phi) is 4.29. The lowest BCUT2D eigenvalue weighted by Gasteiger charge is -2.29. The van der Waals surface area contributed by atoms with E-state index in [0.717, 1.165) is 53.7 Å². The van der Waals surface area contributed by atoms with Crippen molar-refractivity contribution >= 4 is 39.2 Å². The third-order valence-electron chi connectivity index (χ3n) is 5.48. The first-order chi connectivity index (χ1) is 14.0. The maximum absolute atomic E-state index is 10.8. The fraction of sp³-hybridized carbons (Fsp3) is 0.286. The van der Waals surface area contributed by atoms with E-state index in [0.29, 0.717) is 21.9 Å². The number of aryl methyl sites for hydroxylation is 2. The summed E-state index contributed by atoms with van der Waals surface area (Å²) in [7, 11) is 1.86. The Bertz CT molecular complexity index is 1250. The first-order valence-corrected chi connectivity index (χ1v) is 9.97. The van der Waals surface area contributed by atoms with Gasteiger partial charge in [-0.2, -0.15) is 5.10 Å². The van der Waals surface area contributed by atoms with Crippen LogP contribution in [0.5, 0.6) is 5.75 Å². The zero-order valence-corrected chi connectivity index (χ0v) is 17.0. The lowest BCUT2D eigenvalue weighted by Crippen LogP contribution is -2.43. The number of halogens is 1. The molecule has 1 saturated heterocycles. The fourth-order valence-corrected chi connectivity index (χ4v) is 4.17. The molecule has 0 spiro atoms. The number of nitrogens with one attached hydrogen (secondary N) is 1. The van der Waals surface area contributed by atoms with Crippen molar-refractivity contribution in [1.82, 2.24) is 25.1 Å². The van der Waals surface area contributed by atoms with E-state index >= 15 is 0 Å². The van der Waals surface area contributed by atoms with Crippen LogP contribution in [0.4, 0.5) is 5.69 Å². The Hall–Kier alpha value is -2.90. The molecule has 5 rings (SSSR count). The van der Waals surface area contributed by atoms with E-state index in [1.807, 2.05) is 38.5 Å². The first-order valence-electron chi connectivity index (χ1n) is 9.59. The number of aromatic hydroxyl groups is 1. The molecule has 2 N–H and O–H groups in total. The van der Waals surface area contributed by atoms with Crippen molar-refractivity contribution in [2.24, 2.45) is 7.05 Å². The van der Waals surface area contributed by atoms with Gasteiger partial charge in [-0.3, -0.25) is 4.68 Å². The number of hydrogen-bond donors (Lipinski definition) is 2. The van der Waals surface area contributed by atoms with Crippen LogP contribution in [0.3, 0.4) is 0 Å². The highest BCUT2D eigenvalue weighted by molar-refractivity contribution is 6.35. The number of nitrogens with zero attached hydrogens (tertiary/aromatic N) is 5. The molecular formula is C21H21ClN6O. The van der Waals surface area contributed by atoms with Crippen molar-refractivity contribution in [3.05, 3.63) is 41.2 Å². The highest BCUT2D eigenvalue weighted by Crippen LogP contribution is 2.38. The molecule has 0 aliphatic carbocycles. The molecule has 1 aliphatic heterocycles. The molecule has 0 bridgehead atoms. The summed E-state index contributed by atoms with van der Waals surface area (Å²) in [5, 5.41) is 20.9. The first kappa shape index (κ1) is 18.1. The van der Waals surface area contributed by atoms with Crippen LogP contribution in [-0.4, -0.2) is 51.0 Å². The van der Waals surface area contributed by atoms with Crippen LogP contribution in [0, 0.1) is 6.92 Å². The predicted octanol–water partition coefficient (Wildman–Crippen LogP) is 3.26. The van der Waals surface area contributed by atoms with E-state index in [-0.39, 0.29) is 5.75 Å². The van der Waals surface area contributed by atoms with Crippen molar-refractivity contribution in [2.75, 3.05) is 31.1 Å². The average Bonchev–Trinajstić information content (AvgIpc) is 3.11. The number of rotatable bonds is 2. The second-order valence-corrected chi connectivity index (χ2v) is 7.84. The number of anilines is 1. The van der Waals surface area contributed by atoms with Crippen molar-refractivity contribution in [2.45, 2.75) is 6.92 Å². The lowest BCUT2D eigenvalue weighted by atomic mass is 10.0. The predicted molar refractivity (Wildman–Crippen MR) is 116 cm³/mol. The van der Waals surface area contributed by atoms with Gasteiger partial charge in [0.2, 0.25) is 0 Å². The van der Waals surface area contributed by atoms with E-state index in [1.165, 1.54) is 0 Å². The minimum atomic E-state index is 0.163. The molecule has 0 radical (unpaired) electrons. The average molecular weight is 409 g/mol. The summed E-state index contributed by atoms with van der Waals surface area (Å²) in [5.41, 5.74) is 4.33. The van der Waals surface area contributed by atoms with Crippen molar-refractivity contribution in [3.8, 4) is 17.0 Å². The van der Waals surface area contributed by atoms with Crippen molar-refractivity contribution in [3.63, 3.8) is 0 Å². The zero-order valence-electron chi connectivity index (χ0n) is 16.3. The van der Waals surface area contributed by atoms with Gasteiger partial charge in [-0.25, -0.2) is 9.97 Å². The molecule has 4 aromatic rings. The van der Waals surface area contributed by atoms with Gasteiger partial charge in [-0.05, 0) is 25.1 Å². The Balaban J connectivity index is 1.63. The molecular weight excluding hydrogens is 388 g/mol. The number of piperazine rings is 1. The van der Waals surface area contributed by atoms with Gasteiger partial charge in [0.15, 0.2) is 5.65 Å². The maximum Gasteiger partial charge on any atom is 0.161 e. The molecule has 29 heavy (non-hydrogen) atoms. The summed E-state index contributed by atoms with van der Waals surface area (Å²) < 4.78 is 1.74. The van der Waals surface area contributed by atoms with Crippen LogP contribution < -0.4 is 10.2 Å². The summed E-state index contributed by atoms with van der Waals surface area (Å²) in [4.78, 5) is 11.6. The van der Waals surface area contributed by atoms with Gasteiger partial charge in [0.1, 0.15) is 5.75 Å². The Morgan fingerprint density at radius 1 is 1.17 bits per heavy atom. The number of hydrogen-bond acceptors (Lipinski definition) is 6. The Morgan fingerprint density at radius 3 is 2.76 bits per heavy atom. The third-order valence-corrected chi connectivity index (χ3v) is 5.79. The number of phenolic OH excluding ortho intramolecular Hbond substituents is 1.